The van der Waals surface area contributed by atoms with Crippen molar-refractivity contribution in [2.75, 3.05) is 5.32 Å². The molecule has 0 saturated carbocycles. The summed E-state index contributed by atoms with van der Waals surface area (Å²) in [5, 5.41) is 2.95. The van der Waals surface area contributed by atoms with Crippen molar-refractivity contribution in [3.63, 3.8) is 0 Å². The Bertz CT molecular complexity index is 1130. The minimum Gasteiger partial charge on any atom is -0.489 e. The first-order valence-electron chi connectivity index (χ1n) is 9.95. The van der Waals surface area contributed by atoms with Gasteiger partial charge >= 0.3 is 0 Å². The number of carbonyl (C=O) groups excluding carboxylic acids is 1. The number of hydrogen-bond acceptors (Lipinski definition) is 2. The van der Waals surface area contributed by atoms with Crippen molar-refractivity contribution in [3.8, 4) is 5.75 Å². The van der Waals surface area contributed by atoms with E-state index in [0.717, 1.165) is 37.3 Å². The summed E-state index contributed by atoms with van der Waals surface area (Å²) in [7, 11) is 0. The molecule has 0 radical (unpaired) electrons. The molecule has 0 aromatic heterocycles. The number of fused-ring (bicyclic) bond motifs is 1. The molecule has 1 heterocycles. The molecule has 152 valence electrons. The van der Waals surface area contributed by atoms with Crippen molar-refractivity contribution >= 4 is 45.8 Å². The minimum absolute atomic E-state index is 0.0614. The second-order valence-electron chi connectivity index (χ2n) is 8.48. The summed E-state index contributed by atoms with van der Waals surface area (Å²) in [5.41, 5.74) is 5.67. The Hall–Kier alpha value is -2.60. The Balaban J connectivity index is 1.68. The van der Waals surface area contributed by atoms with Gasteiger partial charge in [-0.15, -0.1) is 0 Å². The fraction of sp³-hybridized carbons (Fsp3) is 0.192. The predicted molar refractivity (Wildman–Crippen MR) is 132 cm³/mol. The molecule has 3 aromatic carbocycles. The van der Waals surface area contributed by atoms with E-state index in [1.54, 1.807) is 0 Å². The van der Waals surface area contributed by atoms with E-state index >= 15 is 0 Å². The van der Waals surface area contributed by atoms with Gasteiger partial charge in [-0.1, -0.05) is 57.2 Å². The molecule has 30 heavy (non-hydrogen) atoms. The van der Waals surface area contributed by atoms with E-state index in [1.807, 2.05) is 54.6 Å². The molecule has 1 aliphatic rings. The summed E-state index contributed by atoms with van der Waals surface area (Å²) >= 11 is 2.27. The van der Waals surface area contributed by atoms with Gasteiger partial charge in [-0.3, -0.25) is 4.79 Å². The van der Waals surface area contributed by atoms with Gasteiger partial charge in [0, 0.05) is 26.0 Å². The molecule has 3 nitrogen and oxygen atoms in total. The van der Waals surface area contributed by atoms with Crippen LogP contribution in [-0.4, -0.2) is 5.91 Å². The molecule has 4 heteroatoms. The fourth-order valence-corrected chi connectivity index (χ4v) is 4.05. The number of carbonyl (C=O) groups is 1. The minimum atomic E-state index is -0.0915. The van der Waals surface area contributed by atoms with Gasteiger partial charge in [0.25, 0.3) is 5.91 Å². The van der Waals surface area contributed by atoms with Gasteiger partial charge in [0.15, 0.2) is 0 Å². The third-order valence-electron chi connectivity index (χ3n) is 5.12. The lowest BCUT2D eigenvalue weighted by Crippen LogP contribution is -2.14. The third-order valence-corrected chi connectivity index (χ3v) is 5.80. The molecular weight excluding hydrogens is 485 g/mol. The Kier molecular flexibility index (Phi) is 5.69. The van der Waals surface area contributed by atoms with Crippen LogP contribution in [0.4, 0.5) is 5.69 Å². The van der Waals surface area contributed by atoms with E-state index in [4.69, 9.17) is 4.74 Å². The number of halogens is 1. The first-order valence-corrected chi connectivity index (χ1v) is 11.0. The Morgan fingerprint density at radius 3 is 2.50 bits per heavy atom. The van der Waals surface area contributed by atoms with Crippen LogP contribution >= 0.6 is 22.6 Å². The Morgan fingerprint density at radius 1 is 1.00 bits per heavy atom. The second-order valence-corrected chi connectivity index (χ2v) is 9.73. The number of anilines is 1. The standard InChI is InChI=1S/C26H24INO2/c1-26(2,3)22-14-18(9-12-24(22)30-16-17-7-5-4-6-8-17)13-21-20-15-19(27)10-11-23(20)28-25(21)29/h4-15H,16H2,1-3H3,(H,28,29). The summed E-state index contributed by atoms with van der Waals surface area (Å²) in [4.78, 5) is 12.5. The molecule has 0 saturated heterocycles. The summed E-state index contributed by atoms with van der Waals surface area (Å²) in [5.74, 6) is 0.813. The van der Waals surface area contributed by atoms with E-state index in [2.05, 4.69) is 66.9 Å². The molecular formula is C26H24INO2. The zero-order valence-corrected chi connectivity index (χ0v) is 19.5. The van der Waals surface area contributed by atoms with Crippen LogP contribution in [0.3, 0.4) is 0 Å². The molecule has 0 aliphatic carbocycles. The smallest absolute Gasteiger partial charge is 0.256 e. The highest BCUT2D eigenvalue weighted by atomic mass is 127. The van der Waals surface area contributed by atoms with E-state index in [9.17, 15) is 4.79 Å². The molecule has 0 spiro atoms. The average Bonchev–Trinajstić information content (AvgIpc) is 3.01. The van der Waals surface area contributed by atoms with Crippen molar-refractivity contribution < 1.29 is 9.53 Å². The first-order chi connectivity index (χ1) is 14.3. The number of nitrogens with one attached hydrogen (secondary N) is 1. The summed E-state index contributed by atoms with van der Waals surface area (Å²) < 4.78 is 7.27. The van der Waals surface area contributed by atoms with Crippen LogP contribution in [0.25, 0.3) is 11.6 Å². The van der Waals surface area contributed by atoms with E-state index in [0.29, 0.717) is 12.2 Å². The summed E-state index contributed by atoms with van der Waals surface area (Å²) in [6.07, 6.45) is 1.97. The zero-order chi connectivity index (χ0) is 21.3. The highest BCUT2D eigenvalue weighted by Crippen LogP contribution is 2.37. The van der Waals surface area contributed by atoms with Gasteiger partial charge in [-0.25, -0.2) is 0 Å². The van der Waals surface area contributed by atoms with E-state index in [1.165, 1.54) is 0 Å². The largest absolute Gasteiger partial charge is 0.489 e. The predicted octanol–water partition coefficient (Wildman–Crippen LogP) is 6.66. The van der Waals surface area contributed by atoms with Crippen molar-refractivity contribution in [1.29, 1.82) is 0 Å². The van der Waals surface area contributed by atoms with Crippen LogP contribution < -0.4 is 10.1 Å². The monoisotopic (exact) mass is 509 g/mol. The lowest BCUT2D eigenvalue weighted by atomic mass is 9.85. The SMILES string of the molecule is CC(C)(C)c1cc(C=C2C(=O)Nc3ccc(I)cc32)ccc1OCc1ccccc1. The van der Waals surface area contributed by atoms with Crippen LogP contribution in [-0.2, 0) is 16.8 Å². The van der Waals surface area contributed by atoms with Crippen LogP contribution in [0.5, 0.6) is 5.75 Å². The van der Waals surface area contributed by atoms with Gasteiger partial charge in [-0.05, 0) is 75.5 Å². The molecule has 3 aromatic rings. The van der Waals surface area contributed by atoms with Gasteiger partial charge in [-0.2, -0.15) is 0 Å². The topological polar surface area (TPSA) is 38.3 Å². The molecule has 0 atom stereocenters. The van der Waals surface area contributed by atoms with Crippen molar-refractivity contribution in [2.45, 2.75) is 32.8 Å². The quantitative estimate of drug-likeness (QED) is 0.316. The molecule has 0 bridgehead atoms. The maximum absolute atomic E-state index is 12.5. The van der Waals surface area contributed by atoms with Crippen LogP contribution in [0.2, 0.25) is 0 Å². The van der Waals surface area contributed by atoms with E-state index < -0.39 is 0 Å². The molecule has 4 rings (SSSR count). The van der Waals surface area contributed by atoms with Crippen molar-refractivity contribution in [1.82, 2.24) is 0 Å². The van der Waals surface area contributed by atoms with Crippen LogP contribution in [0.15, 0.2) is 66.7 Å². The lowest BCUT2D eigenvalue weighted by Gasteiger charge is -2.23. The average molecular weight is 509 g/mol. The lowest BCUT2D eigenvalue weighted by molar-refractivity contribution is -0.110. The van der Waals surface area contributed by atoms with E-state index in [-0.39, 0.29) is 11.3 Å². The normalized spacial score (nSPS) is 14.5. The molecule has 1 amide bonds. The highest BCUT2D eigenvalue weighted by Gasteiger charge is 2.25. The van der Waals surface area contributed by atoms with Crippen LogP contribution in [0.1, 0.15) is 43.0 Å². The number of benzene rings is 3. The second kappa shape index (κ2) is 8.26. The molecule has 0 fully saturated rings. The molecule has 1 aliphatic heterocycles. The third kappa shape index (κ3) is 4.43. The Labute approximate surface area is 191 Å². The fourth-order valence-electron chi connectivity index (χ4n) is 3.55. The number of amides is 1. The maximum atomic E-state index is 12.5. The number of ether oxygens (including phenoxy) is 1. The zero-order valence-electron chi connectivity index (χ0n) is 17.3. The van der Waals surface area contributed by atoms with Crippen molar-refractivity contribution in [2.24, 2.45) is 0 Å². The summed E-state index contributed by atoms with van der Waals surface area (Å²) in [6, 6.07) is 22.3. The van der Waals surface area contributed by atoms with Gasteiger partial charge in [0.1, 0.15) is 12.4 Å². The van der Waals surface area contributed by atoms with Gasteiger partial charge < -0.3 is 10.1 Å². The first kappa shape index (κ1) is 20.7. The van der Waals surface area contributed by atoms with Crippen molar-refractivity contribution in [3.05, 3.63) is 92.6 Å². The van der Waals surface area contributed by atoms with Gasteiger partial charge in [0.2, 0.25) is 0 Å². The molecule has 1 N–H and O–H groups in total. The van der Waals surface area contributed by atoms with Gasteiger partial charge in [0.05, 0.1) is 0 Å². The molecule has 0 unspecified atom stereocenters. The number of rotatable bonds is 4. The highest BCUT2D eigenvalue weighted by molar-refractivity contribution is 14.1. The van der Waals surface area contributed by atoms with Crippen LogP contribution in [0, 0.1) is 3.57 Å². The summed E-state index contributed by atoms with van der Waals surface area (Å²) in [6.45, 7) is 7.05. The Morgan fingerprint density at radius 2 is 1.77 bits per heavy atom. The number of hydrogen-bond donors (Lipinski definition) is 1. The maximum Gasteiger partial charge on any atom is 0.256 e.